The van der Waals surface area contributed by atoms with E-state index < -0.39 is 16.0 Å². The van der Waals surface area contributed by atoms with Gasteiger partial charge in [-0.1, -0.05) is 0 Å². The monoisotopic (exact) mass is 346 g/mol. The van der Waals surface area contributed by atoms with Gasteiger partial charge in [0.2, 0.25) is 0 Å². The molecule has 0 spiro atoms. The molecule has 0 N–H and O–H groups in total. The molecule has 8 heteroatoms. The van der Waals surface area contributed by atoms with E-state index in [4.69, 9.17) is 4.74 Å². The second-order valence-corrected chi connectivity index (χ2v) is 7.07. The predicted molar refractivity (Wildman–Crippen MR) is 87.2 cm³/mol. The Kier molecular flexibility index (Phi) is 4.06. The summed E-state index contributed by atoms with van der Waals surface area (Å²) < 4.78 is 31.8. The SMILES string of the molecule is CC(=O)c1ccc(OC(=O)C2=CN3CCS(=O)(=O)N=C3C=C2)cc1. The lowest BCUT2D eigenvalue weighted by molar-refractivity contribution is -0.129. The van der Waals surface area contributed by atoms with Crippen LogP contribution in [0.3, 0.4) is 0 Å². The first kappa shape index (κ1) is 16.1. The number of fused-ring (bicyclic) bond motifs is 1. The van der Waals surface area contributed by atoms with Gasteiger partial charge in [0, 0.05) is 18.3 Å². The van der Waals surface area contributed by atoms with E-state index in [-0.39, 0.29) is 29.5 Å². The van der Waals surface area contributed by atoms with E-state index in [1.807, 2.05) is 0 Å². The molecule has 0 fully saturated rings. The second kappa shape index (κ2) is 6.04. The van der Waals surface area contributed by atoms with Crippen molar-refractivity contribution in [2.24, 2.45) is 4.40 Å². The average Bonchev–Trinajstić information content (AvgIpc) is 2.54. The van der Waals surface area contributed by atoms with Gasteiger partial charge in [0.25, 0.3) is 10.0 Å². The highest BCUT2D eigenvalue weighted by Gasteiger charge is 2.25. The summed E-state index contributed by atoms with van der Waals surface area (Å²) in [6, 6.07) is 6.25. The lowest BCUT2D eigenvalue weighted by Gasteiger charge is -2.26. The Labute approximate surface area is 139 Å². The molecule has 0 aromatic heterocycles. The molecule has 2 aliphatic heterocycles. The molecule has 0 radical (unpaired) electrons. The van der Waals surface area contributed by atoms with Crippen molar-refractivity contribution >= 4 is 27.6 Å². The quantitative estimate of drug-likeness (QED) is 0.465. The number of amidine groups is 1. The summed E-state index contributed by atoms with van der Waals surface area (Å²) in [4.78, 5) is 25.0. The second-order valence-electron chi connectivity index (χ2n) is 5.32. The van der Waals surface area contributed by atoms with Gasteiger partial charge >= 0.3 is 5.97 Å². The van der Waals surface area contributed by atoms with E-state index in [1.54, 1.807) is 29.2 Å². The Bertz CT molecular complexity index is 895. The minimum atomic E-state index is -3.43. The number of rotatable bonds is 3. The van der Waals surface area contributed by atoms with E-state index in [0.29, 0.717) is 11.3 Å². The van der Waals surface area contributed by atoms with Crippen LogP contribution >= 0.6 is 0 Å². The minimum Gasteiger partial charge on any atom is -0.423 e. The molecular formula is C16H14N2O5S. The molecule has 0 aliphatic carbocycles. The number of carbonyl (C=O) groups excluding carboxylic acids is 2. The molecule has 0 saturated heterocycles. The van der Waals surface area contributed by atoms with Gasteiger partial charge in [0.15, 0.2) is 5.78 Å². The number of benzene rings is 1. The summed E-state index contributed by atoms with van der Waals surface area (Å²) in [5.41, 5.74) is 0.811. The smallest absolute Gasteiger partial charge is 0.345 e. The van der Waals surface area contributed by atoms with Crippen LogP contribution in [0.4, 0.5) is 0 Å². The van der Waals surface area contributed by atoms with Gasteiger partial charge in [-0.2, -0.15) is 0 Å². The zero-order chi connectivity index (χ0) is 17.3. The standard InChI is InChI=1S/C16H14N2O5S/c1-11(19)12-2-5-14(6-3-12)23-16(20)13-4-7-15-17-24(21,22)9-8-18(15)10-13/h2-7,10H,8-9H2,1H3. The zero-order valence-electron chi connectivity index (χ0n) is 12.8. The topological polar surface area (TPSA) is 93.1 Å². The largest absolute Gasteiger partial charge is 0.423 e. The highest BCUT2D eigenvalue weighted by molar-refractivity contribution is 7.90. The molecule has 24 heavy (non-hydrogen) atoms. The maximum absolute atomic E-state index is 12.2. The van der Waals surface area contributed by atoms with Crippen LogP contribution in [-0.2, 0) is 14.8 Å². The number of ether oxygens (including phenoxy) is 1. The Morgan fingerprint density at radius 1 is 1.17 bits per heavy atom. The highest BCUT2D eigenvalue weighted by Crippen LogP contribution is 2.19. The van der Waals surface area contributed by atoms with Crippen LogP contribution in [0.1, 0.15) is 17.3 Å². The molecule has 0 bridgehead atoms. The van der Waals surface area contributed by atoms with Crippen LogP contribution in [0, 0.1) is 0 Å². The van der Waals surface area contributed by atoms with Crippen LogP contribution < -0.4 is 4.74 Å². The van der Waals surface area contributed by atoms with E-state index >= 15 is 0 Å². The zero-order valence-corrected chi connectivity index (χ0v) is 13.6. The van der Waals surface area contributed by atoms with Gasteiger partial charge in [-0.3, -0.25) is 4.79 Å². The number of nitrogens with zero attached hydrogens (tertiary/aromatic N) is 2. The van der Waals surface area contributed by atoms with Crippen molar-refractivity contribution in [3.05, 3.63) is 53.8 Å². The lowest BCUT2D eigenvalue weighted by atomic mass is 10.1. The highest BCUT2D eigenvalue weighted by atomic mass is 32.2. The Hall–Kier alpha value is -2.74. The number of esters is 1. The van der Waals surface area contributed by atoms with Crippen LogP contribution in [-0.4, -0.2) is 43.2 Å². The first-order valence-corrected chi connectivity index (χ1v) is 8.77. The summed E-state index contributed by atoms with van der Waals surface area (Å²) in [7, 11) is -3.43. The van der Waals surface area contributed by atoms with E-state index in [9.17, 15) is 18.0 Å². The molecule has 124 valence electrons. The van der Waals surface area contributed by atoms with Crippen LogP contribution in [0.25, 0.3) is 0 Å². The number of hydrogen-bond donors (Lipinski definition) is 0. The predicted octanol–water partition coefficient (Wildman–Crippen LogP) is 1.29. The molecule has 2 heterocycles. The molecular weight excluding hydrogens is 332 g/mol. The Morgan fingerprint density at radius 3 is 2.54 bits per heavy atom. The summed E-state index contributed by atoms with van der Waals surface area (Å²) in [5, 5.41) is 0. The number of sulfonamides is 1. The van der Waals surface area contributed by atoms with Gasteiger partial charge in [-0.25, -0.2) is 13.2 Å². The molecule has 0 saturated carbocycles. The maximum atomic E-state index is 12.2. The average molecular weight is 346 g/mol. The van der Waals surface area contributed by atoms with Crippen molar-refractivity contribution in [3.8, 4) is 5.75 Å². The summed E-state index contributed by atoms with van der Waals surface area (Å²) in [6.45, 7) is 1.69. The van der Waals surface area contributed by atoms with Crippen molar-refractivity contribution in [3.63, 3.8) is 0 Å². The fraction of sp³-hybridized carbons (Fsp3) is 0.188. The molecule has 3 rings (SSSR count). The van der Waals surface area contributed by atoms with Crippen molar-refractivity contribution in [1.29, 1.82) is 0 Å². The van der Waals surface area contributed by atoms with Gasteiger partial charge < -0.3 is 9.64 Å². The summed E-state index contributed by atoms with van der Waals surface area (Å²) in [6.07, 6.45) is 4.44. The lowest BCUT2D eigenvalue weighted by Crippen LogP contribution is -2.37. The van der Waals surface area contributed by atoms with Crippen molar-refractivity contribution < 1.29 is 22.7 Å². The Balaban J connectivity index is 1.74. The summed E-state index contributed by atoms with van der Waals surface area (Å²) in [5.74, 6) is -0.147. The Morgan fingerprint density at radius 2 is 1.88 bits per heavy atom. The van der Waals surface area contributed by atoms with Gasteiger partial charge in [-0.15, -0.1) is 4.40 Å². The van der Waals surface area contributed by atoms with E-state index in [1.165, 1.54) is 25.3 Å². The fourth-order valence-corrected chi connectivity index (χ4v) is 3.21. The number of carbonyl (C=O) groups is 2. The molecule has 7 nitrogen and oxygen atoms in total. The van der Waals surface area contributed by atoms with Crippen molar-refractivity contribution in [1.82, 2.24) is 4.90 Å². The maximum Gasteiger partial charge on any atom is 0.345 e. The normalized spacial score (nSPS) is 18.3. The van der Waals surface area contributed by atoms with E-state index in [0.717, 1.165) is 0 Å². The third kappa shape index (κ3) is 3.43. The van der Waals surface area contributed by atoms with Crippen molar-refractivity contribution in [2.75, 3.05) is 12.3 Å². The van der Waals surface area contributed by atoms with Gasteiger partial charge in [0.05, 0.1) is 11.3 Å². The minimum absolute atomic E-state index is 0.0716. The number of ketones is 1. The molecule has 0 amide bonds. The third-order valence-electron chi connectivity index (χ3n) is 3.53. The van der Waals surface area contributed by atoms with Gasteiger partial charge in [-0.05, 0) is 43.3 Å². The number of Topliss-reactive ketones (excluding diaryl/α,β-unsaturated/α-hetero) is 1. The van der Waals surface area contributed by atoms with Crippen LogP contribution in [0.2, 0.25) is 0 Å². The molecule has 0 unspecified atom stereocenters. The first-order chi connectivity index (χ1) is 11.3. The third-order valence-corrected chi connectivity index (χ3v) is 4.69. The molecule has 0 atom stereocenters. The van der Waals surface area contributed by atoms with Crippen LogP contribution in [0.15, 0.2) is 52.6 Å². The van der Waals surface area contributed by atoms with Crippen molar-refractivity contribution in [2.45, 2.75) is 6.92 Å². The fourth-order valence-electron chi connectivity index (χ4n) is 2.25. The number of hydrogen-bond acceptors (Lipinski definition) is 6. The molecule has 2 aliphatic rings. The summed E-state index contributed by atoms with van der Waals surface area (Å²) >= 11 is 0. The van der Waals surface area contributed by atoms with Gasteiger partial charge in [0.1, 0.15) is 11.6 Å². The van der Waals surface area contributed by atoms with E-state index in [2.05, 4.69) is 4.40 Å². The van der Waals surface area contributed by atoms with Crippen LogP contribution in [0.5, 0.6) is 5.75 Å². The first-order valence-electron chi connectivity index (χ1n) is 7.16. The molecule has 1 aromatic rings. The molecule has 1 aromatic carbocycles.